The number of benzene rings is 4. The summed E-state index contributed by atoms with van der Waals surface area (Å²) in [5, 5.41) is 10.1. The molecule has 0 saturated carbocycles. The van der Waals surface area contributed by atoms with Gasteiger partial charge in [-0.1, -0.05) is 67.1 Å². The van der Waals surface area contributed by atoms with Crippen molar-refractivity contribution in [1.82, 2.24) is 10.2 Å². The first-order valence-corrected chi connectivity index (χ1v) is 10.6. The molecule has 5 rings (SSSR count). The van der Waals surface area contributed by atoms with Crippen LogP contribution in [0.2, 0.25) is 0 Å². The third kappa shape index (κ3) is 3.47. The molecule has 4 aromatic carbocycles. The van der Waals surface area contributed by atoms with Crippen LogP contribution in [0, 0.1) is 0 Å². The lowest BCUT2D eigenvalue weighted by Crippen LogP contribution is -2.37. The average molecular weight is 383 g/mol. The zero-order valence-electron chi connectivity index (χ0n) is 16.7. The number of hydrogen-bond donors (Lipinski definition) is 1. The number of carbonyl (C=O) groups is 1. The maximum atomic E-state index is 13.2. The van der Waals surface area contributed by atoms with Gasteiger partial charge in [0.05, 0.1) is 0 Å². The first-order valence-electron chi connectivity index (χ1n) is 10.6. The van der Waals surface area contributed by atoms with E-state index in [1.54, 1.807) is 0 Å². The van der Waals surface area contributed by atoms with E-state index in [0.29, 0.717) is 6.54 Å². The van der Waals surface area contributed by atoms with Crippen LogP contribution in [0.3, 0.4) is 0 Å². The summed E-state index contributed by atoms with van der Waals surface area (Å²) in [6.45, 7) is 3.93. The van der Waals surface area contributed by atoms with Crippen molar-refractivity contribution in [3.8, 4) is 0 Å². The fourth-order valence-corrected chi connectivity index (χ4v) is 4.65. The van der Waals surface area contributed by atoms with E-state index in [1.807, 2.05) is 6.07 Å². The van der Waals surface area contributed by atoms with Gasteiger partial charge >= 0.3 is 0 Å². The van der Waals surface area contributed by atoms with Gasteiger partial charge in [0.2, 0.25) is 0 Å². The minimum Gasteiger partial charge on any atom is -0.351 e. The molecule has 0 radical (unpaired) electrons. The Kier molecular flexibility index (Phi) is 4.91. The van der Waals surface area contributed by atoms with Crippen molar-refractivity contribution >= 4 is 38.2 Å². The lowest BCUT2D eigenvalue weighted by Gasteiger charge is -2.26. The van der Waals surface area contributed by atoms with Gasteiger partial charge in [-0.3, -0.25) is 4.79 Å². The molecule has 0 aliphatic carbocycles. The average Bonchev–Trinajstić information content (AvgIpc) is 2.79. The number of nitrogens with one attached hydrogen (secondary N) is 1. The number of nitrogens with zero attached hydrogens (tertiary/aromatic N) is 1. The van der Waals surface area contributed by atoms with Gasteiger partial charge in [-0.15, -0.1) is 0 Å². The molecule has 1 heterocycles. The van der Waals surface area contributed by atoms with Crippen LogP contribution in [-0.4, -0.2) is 37.0 Å². The highest BCUT2D eigenvalue weighted by molar-refractivity contribution is 6.22. The molecule has 0 spiro atoms. The van der Waals surface area contributed by atoms with Crippen molar-refractivity contribution in [2.45, 2.75) is 19.3 Å². The molecule has 0 aromatic heterocycles. The lowest BCUT2D eigenvalue weighted by molar-refractivity contribution is 0.0948. The van der Waals surface area contributed by atoms with Crippen LogP contribution in [0.25, 0.3) is 32.3 Å². The Bertz CT molecular complexity index is 1190. The first-order chi connectivity index (χ1) is 14.3. The number of fused-ring (bicyclic) bond motifs is 5. The Balaban J connectivity index is 1.53. The summed E-state index contributed by atoms with van der Waals surface area (Å²) >= 11 is 0. The molecule has 146 valence electrons. The minimum absolute atomic E-state index is 0.0213. The number of piperidine rings is 1. The molecule has 0 atom stereocenters. The lowest BCUT2D eigenvalue weighted by atomic mass is 9.93. The molecule has 1 amide bonds. The van der Waals surface area contributed by atoms with Crippen molar-refractivity contribution in [2.24, 2.45) is 0 Å². The second kappa shape index (κ2) is 7.84. The normalized spacial score (nSPS) is 15.2. The summed E-state index contributed by atoms with van der Waals surface area (Å²) in [5.41, 5.74) is 0.767. The zero-order chi connectivity index (χ0) is 19.6. The second-order valence-electron chi connectivity index (χ2n) is 8.01. The van der Waals surface area contributed by atoms with E-state index in [0.717, 1.165) is 41.4 Å². The van der Waals surface area contributed by atoms with Crippen molar-refractivity contribution in [2.75, 3.05) is 26.2 Å². The maximum absolute atomic E-state index is 13.2. The minimum atomic E-state index is 0.0213. The first kappa shape index (κ1) is 18.1. The van der Waals surface area contributed by atoms with Crippen LogP contribution in [0.15, 0.2) is 66.7 Å². The molecular formula is C26H26N2O. The maximum Gasteiger partial charge on any atom is 0.251 e. The van der Waals surface area contributed by atoms with Crippen LogP contribution in [0.4, 0.5) is 0 Å². The van der Waals surface area contributed by atoms with Gasteiger partial charge in [-0.25, -0.2) is 0 Å². The molecular weight excluding hydrogens is 356 g/mol. The number of hydrogen-bond acceptors (Lipinski definition) is 2. The Morgan fingerprint density at radius 2 is 1.45 bits per heavy atom. The van der Waals surface area contributed by atoms with E-state index < -0.39 is 0 Å². The van der Waals surface area contributed by atoms with Gasteiger partial charge < -0.3 is 10.2 Å². The molecule has 4 aromatic rings. The van der Waals surface area contributed by atoms with Gasteiger partial charge in [-0.05, 0) is 64.3 Å². The summed E-state index contributed by atoms with van der Waals surface area (Å²) in [4.78, 5) is 15.6. The van der Waals surface area contributed by atoms with Crippen molar-refractivity contribution < 1.29 is 4.79 Å². The monoisotopic (exact) mass is 382 g/mol. The standard InChI is InChI=1S/C26H26N2O/c29-26(27-14-17-28-15-6-1-7-16-28)25-18-24-20-9-3-2-8-19(20)12-13-23(24)21-10-4-5-11-22(21)25/h2-5,8-13,18H,1,6-7,14-17H2,(H,27,29). The highest BCUT2D eigenvalue weighted by Gasteiger charge is 2.15. The van der Waals surface area contributed by atoms with Crippen LogP contribution < -0.4 is 5.32 Å². The second-order valence-corrected chi connectivity index (χ2v) is 8.01. The van der Waals surface area contributed by atoms with Gasteiger partial charge in [0.25, 0.3) is 5.91 Å². The Hall–Kier alpha value is -2.91. The van der Waals surface area contributed by atoms with Crippen LogP contribution >= 0.6 is 0 Å². The molecule has 1 aliphatic rings. The fourth-order valence-electron chi connectivity index (χ4n) is 4.65. The van der Waals surface area contributed by atoms with E-state index in [2.05, 4.69) is 70.9 Å². The number of carbonyl (C=O) groups excluding carboxylic acids is 1. The zero-order valence-corrected chi connectivity index (χ0v) is 16.7. The largest absolute Gasteiger partial charge is 0.351 e. The fraction of sp³-hybridized carbons (Fsp3) is 0.269. The van der Waals surface area contributed by atoms with Gasteiger partial charge in [0, 0.05) is 18.7 Å². The highest BCUT2D eigenvalue weighted by atomic mass is 16.1. The SMILES string of the molecule is O=C(NCCN1CCCCC1)c1cc2c3ccccc3ccc2c2ccccc12. The Morgan fingerprint density at radius 3 is 2.28 bits per heavy atom. The summed E-state index contributed by atoms with van der Waals surface area (Å²) in [5.74, 6) is 0.0213. The molecule has 3 heteroatoms. The van der Waals surface area contributed by atoms with E-state index >= 15 is 0 Å². The Morgan fingerprint density at radius 1 is 0.759 bits per heavy atom. The third-order valence-electron chi connectivity index (χ3n) is 6.17. The van der Waals surface area contributed by atoms with Crippen molar-refractivity contribution in [1.29, 1.82) is 0 Å². The summed E-state index contributed by atoms with van der Waals surface area (Å²) < 4.78 is 0. The van der Waals surface area contributed by atoms with Crippen LogP contribution in [0.1, 0.15) is 29.6 Å². The molecule has 1 aliphatic heterocycles. The third-order valence-corrected chi connectivity index (χ3v) is 6.17. The number of amides is 1. The molecule has 0 bridgehead atoms. The van der Waals surface area contributed by atoms with E-state index in [-0.39, 0.29) is 5.91 Å². The van der Waals surface area contributed by atoms with E-state index in [4.69, 9.17) is 0 Å². The predicted molar refractivity (Wildman–Crippen MR) is 122 cm³/mol. The van der Waals surface area contributed by atoms with Crippen molar-refractivity contribution in [3.63, 3.8) is 0 Å². The van der Waals surface area contributed by atoms with Gasteiger partial charge in [0.1, 0.15) is 0 Å². The molecule has 1 N–H and O–H groups in total. The Labute approximate surface area is 171 Å². The van der Waals surface area contributed by atoms with E-state index in [1.165, 1.54) is 35.4 Å². The van der Waals surface area contributed by atoms with E-state index in [9.17, 15) is 4.79 Å². The molecule has 3 nitrogen and oxygen atoms in total. The quantitative estimate of drug-likeness (QED) is 0.482. The van der Waals surface area contributed by atoms with Crippen LogP contribution in [-0.2, 0) is 0 Å². The summed E-state index contributed by atoms with van der Waals surface area (Å²) in [6.07, 6.45) is 3.88. The smallest absolute Gasteiger partial charge is 0.251 e. The highest BCUT2D eigenvalue weighted by Crippen LogP contribution is 2.33. The summed E-state index contributed by atoms with van der Waals surface area (Å²) in [7, 11) is 0. The van der Waals surface area contributed by atoms with Crippen LogP contribution in [0.5, 0.6) is 0 Å². The number of rotatable bonds is 4. The van der Waals surface area contributed by atoms with Gasteiger partial charge in [-0.2, -0.15) is 0 Å². The molecule has 0 unspecified atom stereocenters. The molecule has 29 heavy (non-hydrogen) atoms. The van der Waals surface area contributed by atoms with Gasteiger partial charge in [0.15, 0.2) is 0 Å². The topological polar surface area (TPSA) is 32.3 Å². The predicted octanol–water partition coefficient (Wildman–Crippen LogP) is 5.36. The number of likely N-dealkylation sites (tertiary alicyclic amines) is 1. The van der Waals surface area contributed by atoms with Crippen molar-refractivity contribution in [3.05, 3.63) is 72.3 Å². The summed E-state index contributed by atoms with van der Waals surface area (Å²) in [6, 6.07) is 23.1. The molecule has 1 fully saturated rings. The molecule has 1 saturated heterocycles.